The Balaban J connectivity index is 2.18. The molecule has 0 spiro atoms. The van der Waals surface area contributed by atoms with Gasteiger partial charge in [-0.2, -0.15) is 0 Å². The minimum absolute atomic E-state index is 0.272. The summed E-state index contributed by atoms with van der Waals surface area (Å²) in [5.41, 5.74) is 5.89. The number of ether oxygens (including phenoxy) is 2. The van der Waals surface area contributed by atoms with Gasteiger partial charge in [0.15, 0.2) is 0 Å². The first-order valence-corrected chi connectivity index (χ1v) is 6.25. The van der Waals surface area contributed by atoms with Crippen molar-refractivity contribution >= 4 is 5.97 Å². The molecule has 0 aromatic rings. The van der Waals surface area contributed by atoms with Crippen LogP contribution >= 0.6 is 0 Å². The molecule has 0 amide bonds. The van der Waals surface area contributed by atoms with Crippen molar-refractivity contribution in [2.45, 2.75) is 45.1 Å². The fourth-order valence-corrected chi connectivity index (χ4v) is 2.13. The summed E-state index contributed by atoms with van der Waals surface area (Å²) in [7, 11) is 0. The van der Waals surface area contributed by atoms with Gasteiger partial charge in [0.1, 0.15) is 12.6 Å². The molecule has 1 aliphatic carbocycles. The number of esters is 1. The first kappa shape index (κ1) is 13.5. The zero-order valence-corrected chi connectivity index (χ0v) is 10.1. The molecule has 1 rings (SSSR count). The van der Waals surface area contributed by atoms with E-state index < -0.39 is 6.04 Å². The van der Waals surface area contributed by atoms with Crippen LogP contribution in [0.5, 0.6) is 0 Å². The number of hydrogen-bond acceptors (Lipinski definition) is 4. The lowest BCUT2D eigenvalue weighted by atomic mass is 9.84. The van der Waals surface area contributed by atoms with Crippen molar-refractivity contribution in [3.63, 3.8) is 0 Å². The highest BCUT2D eigenvalue weighted by Gasteiger charge is 2.27. The Kier molecular flexibility index (Phi) is 6.42. The lowest BCUT2D eigenvalue weighted by Crippen LogP contribution is -2.40. The lowest BCUT2D eigenvalue weighted by molar-refractivity contribution is -0.148. The van der Waals surface area contributed by atoms with Crippen LogP contribution in [0.15, 0.2) is 0 Å². The Bertz CT molecular complexity index is 202. The molecule has 0 aromatic heterocycles. The molecule has 0 aromatic carbocycles. The van der Waals surface area contributed by atoms with Gasteiger partial charge in [-0.3, -0.25) is 4.79 Å². The molecule has 0 radical (unpaired) electrons. The summed E-state index contributed by atoms with van der Waals surface area (Å²) in [6.45, 7) is 3.33. The number of carbonyl (C=O) groups excluding carboxylic acids is 1. The minimum Gasteiger partial charge on any atom is -0.462 e. The van der Waals surface area contributed by atoms with Crippen molar-refractivity contribution in [3.8, 4) is 0 Å². The van der Waals surface area contributed by atoms with E-state index in [1.807, 2.05) is 6.92 Å². The highest BCUT2D eigenvalue weighted by Crippen LogP contribution is 2.25. The van der Waals surface area contributed by atoms with Gasteiger partial charge in [0.25, 0.3) is 0 Å². The summed E-state index contributed by atoms with van der Waals surface area (Å²) in [6, 6.07) is -0.443. The van der Waals surface area contributed by atoms with Gasteiger partial charge >= 0.3 is 5.97 Å². The zero-order chi connectivity index (χ0) is 11.8. The first-order chi connectivity index (χ1) is 7.75. The summed E-state index contributed by atoms with van der Waals surface area (Å²) in [6.07, 6.45) is 5.75. The Labute approximate surface area is 97.5 Å². The Morgan fingerprint density at radius 3 is 2.62 bits per heavy atom. The van der Waals surface area contributed by atoms with Crippen molar-refractivity contribution in [3.05, 3.63) is 0 Å². The third kappa shape index (κ3) is 4.49. The van der Waals surface area contributed by atoms with Gasteiger partial charge in [0.05, 0.1) is 6.61 Å². The van der Waals surface area contributed by atoms with E-state index in [0.717, 1.165) is 12.8 Å². The Morgan fingerprint density at radius 2 is 2.00 bits per heavy atom. The van der Waals surface area contributed by atoms with E-state index in [1.165, 1.54) is 19.3 Å². The SMILES string of the molecule is CCOCCOC(=O)C(N)C1CCCCC1. The van der Waals surface area contributed by atoms with Crippen molar-refractivity contribution in [1.82, 2.24) is 0 Å². The Morgan fingerprint density at radius 1 is 1.31 bits per heavy atom. The second-order valence-electron chi connectivity index (χ2n) is 4.29. The van der Waals surface area contributed by atoms with Crippen LogP contribution in [-0.2, 0) is 14.3 Å². The predicted octanol–water partition coefficient (Wildman–Crippen LogP) is 1.47. The smallest absolute Gasteiger partial charge is 0.323 e. The number of nitrogens with two attached hydrogens (primary N) is 1. The molecule has 2 N–H and O–H groups in total. The molecule has 0 aliphatic heterocycles. The van der Waals surface area contributed by atoms with Gasteiger partial charge in [-0.15, -0.1) is 0 Å². The highest BCUT2D eigenvalue weighted by molar-refractivity contribution is 5.75. The van der Waals surface area contributed by atoms with Crippen LogP contribution in [0.2, 0.25) is 0 Å². The van der Waals surface area contributed by atoms with Crippen LogP contribution in [-0.4, -0.2) is 31.8 Å². The van der Waals surface area contributed by atoms with Gasteiger partial charge in [-0.1, -0.05) is 19.3 Å². The summed E-state index contributed by atoms with van der Waals surface area (Å²) in [4.78, 5) is 11.6. The average molecular weight is 229 g/mol. The van der Waals surface area contributed by atoms with Crippen LogP contribution in [0, 0.1) is 5.92 Å². The van der Waals surface area contributed by atoms with E-state index in [-0.39, 0.29) is 5.97 Å². The molecule has 1 fully saturated rings. The van der Waals surface area contributed by atoms with E-state index in [1.54, 1.807) is 0 Å². The molecule has 1 saturated carbocycles. The van der Waals surface area contributed by atoms with Crippen molar-refractivity contribution in [2.24, 2.45) is 11.7 Å². The maximum Gasteiger partial charge on any atom is 0.323 e. The molecular formula is C12H23NO3. The first-order valence-electron chi connectivity index (χ1n) is 6.25. The maximum absolute atomic E-state index is 11.6. The quantitative estimate of drug-likeness (QED) is 0.553. The van der Waals surface area contributed by atoms with Gasteiger partial charge in [-0.05, 0) is 25.7 Å². The number of carbonyl (C=O) groups is 1. The summed E-state index contributed by atoms with van der Waals surface area (Å²) in [5.74, 6) is 0.0416. The standard InChI is InChI=1S/C12H23NO3/c1-2-15-8-9-16-12(14)11(13)10-6-4-3-5-7-10/h10-11H,2-9,13H2,1H3. The average Bonchev–Trinajstić information content (AvgIpc) is 2.34. The van der Waals surface area contributed by atoms with Crippen LogP contribution in [0.1, 0.15) is 39.0 Å². The molecule has 0 saturated heterocycles. The van der Waals surface area contributed by atoms with Crippen LogP contribution in [0.4, 0.5) is 0 Å². The highest BCUT2D eigenvalue weighted by atomic mass is 16.6. The second-order valence-corrected chi connectivity index (χ2v) is 4.29. The van der Waals surface area contributed by atoms with Gasteiger partial charge in [-0.25, -0.2) is 0 Å². The van der Waals surface area contributed by atoms with Crippen LogP contribution < -0.4 is 5.73 Å². The van der Waals surface area contributed by atoms with E-state index in [2.05, 4.69) is 0 Å². The molecule has 16 heavy (non-hydrogen) atoms. The molecule has 0 heterocycles. The fraction of sp³-hybridized carbons (Fsp3) is 0.917. The third-order valence-electron chi connectivity index (χ3n) is 3.11. The molecule has 1 unspecified atom stereocenters. The molecule has 1 atom stereocenters. The third-order valence-corrected chi connectivity index (χ3v) is 3.11. The molecule has 4 heteroatoms. The van der Waals surface area contributed by atoms with Gasteiger partial charge in [0, 0.05) is 6.61 Å². The zero-order valence-electron chi connectivity index (χ0n) is 10.1. The molecule has 0 bridgehead atoms. The van der Waals surface area contributed by atoms with Crippen molar-refractivity contribution in [1.29, 1.82) is 0 Å². The van der Waals surface area contributed by atoms with E-state index in [0.29, 0.717) is 25.7 Å². The van der Waals surface area contributed by atoms with E-state index in [9.17, 15) is 4.79 Å². The van der Waals surface area contributed by atoms with Gasteiger partial charge in [0.2, 0.25) is 0 Å². The van der Waals surface area contributed by atoms with Crippen LogP contribution in [0.3, 0.4) is 0 Å². The van der Waals surface area contributed by atoms with E-state index >= 15 is 0 Å². The Hall–Kier alpha value is -0.610. The van der Waals surface area contributed by atoms with Crippen molar-refractivity contribution in [2.75, 3.05) is 19.8 Å². The lowest BCUT2D eigenvalue weighted by Gasteiger charge is -2.25. The molecular weight excluding hydrogens is 206 g/mol. The molecule has 94 valence electrons. The van der Waals surface area contributed by atoms with Crippen molar-refractivity contribution < 1.29 is 14.3 Å². The largest absolute Gasteiger partial charge is 0.462 e. The number of hydrogen-bond donors (Lipinski definition) is 1. The van der Waals surface area contributed by atoms with Crippen LogP contribution in [0.25, 0.3) is 0 Å². The monoisotopic (exact) mass is 229 g/mol. The van der Waals surface area contributed by atoms with Gasteiger partial charge < -0.3 is 15.2 Å². The number of rotatable bonds is 6. The minimum atomic E-state index is -0.443. The fourth-order valence-electron chi connectivity index (χ4n) is 2.13. The summed E-state index contributed by atoms with van der Waals surface area (Å²) in [5, 5.41) is 0. The molecule has 4 nitrogen and oxygen atoms in total. The predicted molar refractivity (Wildman–Crippen MR) is 62.0 cm³/mol. The second kappa shape index (κ2) is 7.63. The molecule has 1 aliphatic rings. The topological polar surface area (TPSA) is 61.5 Å². The maximum atomic E-state index is 11.6. The summed E-state index contributed by atoms with van der Waals surface area (Å²) < 4.78 is 10.2. The normalized spacial score (nSPS) is 19.4. The summed E-state index contributed by atoms with van der Waals surface area (Å²) >= 11 is 0. The van der Waals surface area contributed by atoms with E-state index in [4.69, 9.17) is 15.2 Å².